The van der Waals surface area contributed by atoms with Gasteiger partial charge in [0, 0.05) is 20.1 Å². The molecule has 0 atom stereocenters. The van der Waals surface area contributed by atoms with Crippen LogP contribution in [0.25, 0.3) is 0 Å². The minimum Gasteiger partial charge on any atom is -0.432 e. The van der Waals surface area contributed by atoms with Gasteiger partial charge in [0.1, 0.15) is 6.26 Å². The van der Waals surface area contributed by atoms with Crippen molar-refractivity contribution >= 4 is 6.01 Å². The van der Waals surface area contributed by atoms with Gasteiger partial charge in [-0.15, -0.1) is 0 Å². The zero-order chi connectivity index (χ0) is 11.3. The van der Waals surface area contributed by atoms with Gasteiger partial charge in [-0.2, -0.15) is 4.98 Å². The Kier molecular flexibility index (Phi) is 4.62. The molecule has 0 amide bonds. The number of oxazole rings is 1. The molecule has 1 heterocycles. The van der Waals surface area contributed by atoms with Crippen LogP contribution in [0.15, 0.2) is 10.7 Å². The number of hydrogen-bond donors (Lipinski definition) is 1. The molecule has 1 aromatic heterocycles. The van der Waals surface area contributed by atoms with E-state index in [4.69, 9.17) is 4.42 Å². The summed E-state index contributed by atoms with van der Waals surface area (Å²) in [5.41, 5.74) is 0.964. The minimum atomic E-state index is 0.662. The van der Waals surface area contributed by atoms with Gasteiger partial charge in [0.05, 0.1) is 5.69 Å². The number of nitrogens with zero attached hydrogens (tertiary/aromatic N) is 2. The smallest absolute Gasteiger partial charge is 0.297 e. The van der Waals surface area contributed by atoms with E-state index in [2.05, 4.69) is 31.1 Å². The second-order valence-corrected chi connectivity index (χ2v) is 4.16. The first-order chi connectivity index (χ1) is 7.13. The van der Waals surface area contributed by atoms with Crippen molar-refractivity contribution in [1.29, 1.82) is 0 Å². The Labute approximate surface area is 91.7 Å². The van der Waals surface area contributed by atoms with Gasteiger partial charge >= 0.3 is 0 Å². The maximum absolute atomic E-state index is 5.35. The lowest BCUT2D eigenvalue weighted by Gasteiger charge is -2.09. The average molecular weight is 211 g/mol. The van der Waals surface area contributed by atoms with E-state index < -0.39 is 0 Å². The normalized spacial score (nSPS) is 11.0. The van der Waals surface area contributed by atoms with E-state index in [0.29, 0.717) is 11.9 Å². The van der Waals surface area contributed by atoms with Crippen molar-refractivity contribution in [2.75, 3.05) is 25.0 Å². The Morgan fingerprint density at radius 1 is 1.53 bits per heavy atom. The van der Waals surface area contributed by atoms with E-state index in [1.54, 1.807) is 6.26 Å². The first kappa shape index (κ1) is 12.0. The third-order valence-electron chi connectivity index (χ3n) is 2.20. The monoisotopic (exact) mass is 211 g/mol. The third kappa shape index (κ3) is 3.91. The van der Waals surface area contributed by atoms with Crippen LogP contribution in [-0.2, 0) is 6.54 Å². The standard InChI is InChI=1S/C11H21N3O/c1-5-14(4)11-13-10(8-15-11)7-12-6-9(2)3/h8-9,12H,5-7H2,1-4H3. The van der Waals surface area contributed by atoms with E-state index in [0.717, 1.165) is 25.3 Å². The van der Waals surface area contributed by atoms with E-state index in [1.807, 2.05) is 11.9 Å². The first-order valence-electron chi connectivity index (χ1n) is 5.49. The molecule has 1 rings (SSSR count). The molecule has 4 heteroatoms. The Morgan fingerprint density at radius 3 is 2.87 bits per heavy atom. The van der Waals surface area contributed by atoms with Gasteiger partial charge < -0.3 is 14.6 Å². The molecule has 0 fully saturated rings. The van der Waals surface area contributed by atoms with Gasteiger partial charge in [-0.3, -0.25) is 0 Å². The van der Waals surface area contributed by atoms with Crippen molar-refractivity contribution in [1.82, 2.24) is 10.3 Å². The van der Waals surface area contributed by atoms with E-state index in [1.165, 1.54) is 0 Å². The van der Waals surface area contributed by atoms with Crippen molar-refractivity contribution in [3.05, 3.63) is 12.0 Å². The van der Waals surface area contributed by atoms with E-state index >= 15 is 0 Å². The lowest BCUT2D eigenvalue weighted by atomic mass is 10.2. The van der Waals surface area contributed by atoms with Gasteiger partial charge in [0.2, 0.25) is 0 Å². The molecule has 0 aliphatic carbocycles. The zero-order valence-corrected chi connectivity index (χ0v) is 10.1. The fourth-order valence-electron chi connectivity index (χ4n) is 1.18. The highest BCUT2D eigenvalue weighted by atomic mass is 16.4. The van der Waals surface area contributed by atoms with Crippen LogP contribution in [0.1, 0.15) is 26.5 Å². The molecular weight excluding hydrogens is 190 g/mol. The molecule has 0 aliphatic heterocycles. The maximum atomic E-state index is 5.35. The number of rotatable bonds is 6. The van der Waals surface area contributed by atoms with Crippen molar-refractivity contribution in [3.8, 4) is 0 Å². The van der Waals surface area contributed by atoms with Gasteiger partial charge in [-0.05, 0) is 19.4 Å². The molecule has 0 saturated heterocycles. The summed E-state index contributed by atoms with van der Waals surface area (Å²) in [7, 11) is 1.97. The van der Waals surface area contributed by atoms with Crippen LogP contribution < -0.4 is 10.2 Å². The van der Waals surface area contributed by atoms with E-state index in [9.17, 15) is 0 Å². The van der Waals surface area contributed by atoms with Gasteiger partial charge in [-0.1, -0.05) is 13.8 Å². The van der Waals surface area contributed by atoms with Gasteiger partial charge in [0.15, 0.2) is 0 Å². The van der Waals surface area contributed by atoms with E-state index in [-0.39, 0.29) is 0 Å². The van der Waals surface area contributed by atoms with Crippen LogP contribution in [0, 0.1) is 5.92 Å². The highest BCUT2D eigenvalue weighted by Gasteiger charge is 2.06. The third-order valence-corrected chi connectivity index (χ3v) is 2.20. The second kappa shape index (κ2) is 5.75. The Hall–Kier alpha value is -1.03. The first-order valence-corrected chi connectivity index (χ1v) is 5.49. The molecule has 1 N–H and O–H groups in total. The SMILES string of the molecule is CCN(C)c1nc(CNCC(C)C)co1. The van der Waals surface area contributed by atoms with Crippen molar-refractivity contribution in [2.24, 2.45) is 5.92 Å². The molecule has 0 saturated carbocycles. The molecule has 1 aromatic rings. The predicted molar refractivity (Wildman–Crippen MR) is 62.0 cm³/mol. The average Bonchev–Trinajstić information content (AvgIpc) is 2.65. The molecule has 15 heavy (non-hydrogen) atoms. The summed E-state index contributed by atoms with van der Waals surface area (Å²) in [6.45, 7) is 9.13. The lowest BCUT2D eigenvalue weighted by molar-refractivity contribution is 0.537. The second-order valence-electron chi connectivity index (χ2n) is 4.16. The predicted octanol–water partition coefficient (Wildman–Crippen LogP) is 1.88. The highest BCUT2D eigenvalue weighted by molar-refractivity contribution is 5.24. The number of nitrogens with one attached hydrogen (secondary N) is 1. The topological polar surface area (TPSA) is 41.3 Å². The number of aromatic nitrogens is 1. The summed E-state index contributed by atoms with van der Waals surface area (Å²) in [5.74, 6) is 0.662. The highest BCUT2D eigenvalue weighted by Crippen LogP contribution is 2.11. The molecule has 0 unspecified atom stereocenters. The number of anilines is 1. The van der Waals surface area contributed by atoms with Crippen LogP contribution >= 0.6 is 0 Å². The summed E-state index contributed by atoms with van der Waals surface area (Å²) < 4.78 is 5.35. The summed E-state index contributed by atoms with van der Waals surface area (Å²) in [6, 6.07) is 0.693. The molecule has 0 aromatic carbocycles. The summed E-state index contributed by atoms with van der Waals surface area (Å²) in [6.07, 6.45) is 1.72. The van der Waals surface area contributed by atoms with Gasteiger partial charge in [-0.25, -0.2) is 0 Å². The molecule has 0 radical (unpaired) electrons. The fraction of sp³-hybridized carbons (Fsp3) is 0.727. The largest absolute Gasteiger partial charge is 0.432 e. The molecule has 0 aliphatic rings. The molecule has 4 nitrogen and oxygen atoms in total. The van der Waals surface area contributed by atoms with Crippen LogP contribution in [0.3, 0.4) is 0 Å². The Bertz CT molecular complexity index is 283. The summed E-state index contributed by atoms with van der Waals surface area (Å²) >= 11 is 0. The Balaban J connectivity index is 2.39. The fourth-order valence-corrected chi connectivity index (χ4v) is 1.18. The van der Waals surface area contributed by atoms with Crippen LogP contribution in [0.2, 0.25) is 0 Å². The summed E-state index contributed by atoms with van der Waals surface area (Å²) in [5, 5.41) is 3.33. The van der Waals surface area contributed by atoms with Crippen molar-refractivity contribution in [3.63, 3.8) is 0 Å². The minimum absolute atomic E-state index is 0.662. The van der Waals surface area contributed by atoms with Crippen LogP contribution in [0.4, 0.5) is 6.01 Å². The molecule has 0 bridgehead atoms. The lowest BCUT2D eigenvalue weighted by Crippen LogP contribution is -2.19. The maximum Gasteiger partial charge on any atom is 0.297 e. The zero-order valence-electron chi connectivity index (χ0n) is 10.1. The van der Waals surface area contributed by atoms with Crippen molar-refractivity contribution in [2.45, 2.75) is 27.3 Å². The van der Waals surface area contributed by atoms with Crippen LogP contribution in [0.5, 0.6) is 0 Å². The summed E-state index contributed by atoms with van der Waals surface area (Å²) in [4.78, 5) is 6.35. The molecular formula is C11H21N3O. The quantitative estimate of drug-likeness (QED) is 0.780. The van der Waals surface area contributed by atoms with Crippen molar-refractivity contribution < 1.29 is 4.42 Å². The van der Waals surface area contributed by atoms with Gasteiger partial charge in [0.25, 0.3) is 6.01 Å². The number of hydrogen-bond acceptors (Lipinski definition) is 4. The molecule has 86 valence electrons. The molecule has 0 spiro atoms. The Morgan fingerprint density at radius 2 is 2.27 bits per heavy atom. The van der Waals surface area contributed by atoms with Crippen LogP contribution in [-0.4, -0.2) is 25.1 Å².